The SMILES string of the molecule is CC(C)C[C@H](NC(=O)C1CCN(C(C)C)CC1)C(N)=O. The lowest BCUT2D eigenvalue weighted by molar-refractivity contribution is -0.131. The van der Waals surface area contributed by atoms with Gasteiger partial charge in [0.05, 0.1) is 0 Å². The van der Waals surface area contributed by atoms with Gasteiger partial charge in [-0.25, -0.2) is 0 Å². The molecule has 0 spiro atoms. The maximum Gasteiger partial charge on any atom is 0.240 e. The quantitative estimate of drug-likeness (QED) is 0.767. The molecule has 0 aliphatic carbocycles. The van der Waals surface area contributed by atoms with Crippen LogP contribution in [0.1, 0.15) is 47.0 Å². The first kappa shape index (κ1) is 17.0. The number of carbonyl (C=O) groups excluding carboxylic acids is 2. The van der Waals surface area contributed by atoms with Crippen LogP contribution in [0, 0.1) is 11.8 Å². The van der Waals surface area contributed by atoms with Gasteiger partial charge < -0.3 is 16.0 Å². The highest BCUT2D eigenvalue weighted by Crippen LogP contribution is 2.19. The minimum absolute atomic E-state index is 0.0130. The molecular weight excluding hydrogens is 254 g/mol. The molecule has 1 aliphatic heterocycles. The van der Waals surface area contributed by atoms with E-state index in [9.17, 15) is 9.59 Å². The number of piperidine rings is 1. The van der Waals surface area contributed by atoms with Crippen molar-refractivity contribution in [3.8, 4) is 0 Å². The fraction of sp³-hybridized carbons (Fsp3) is 0.867. The van der Waals surface area contributed by atoms with E-state index in [2.05, 4.69) is 24.1 Å². The Morgan fingerprint density at radius 1 is 1.20 bits per heavy atom. The molecular formula is C15H29N3O2. The van der Waals surface area contributed by atoms with E-state index >= 15 is 0 Å². The predicted molar refractivity (Wildman–Crippen MR) is 80.0 cm³/mol. The smallest absolute Gasteiger partial charge is 0.240 e. The van der Waals surface area contributed by atoms with Gasteiger partial charge in [-0.3, -0.25) is 9.59 Å². The minimum atomic E-state index is -0.536. The summed E-state index contributed by atoms with van der Waals surface area (Å²) in [6, 6.07) is -0.0102. The molecule has 2 amide bonds. The van der Waals surface area contributed by atoms with Crippen molar-refractivity contribution in [3.05, 3.63) is 0 Å². The molecule has 0 aromatic heterocycles. The third-order valence-corrected chi connectivity index (χ3v) is 4.00. The first-order valence-electron chi connectivity index (χ1n) is 7.65. The summed E-state index contributed by atoms with van der Waals surface area (Å²) in [5.74, 6) is -0.112. The summed E-state index contributed by atoms with van der Waals surface area (Å²) in [5.41, 5.74) is 5.36. The Bertz CT molecular complexity index is 334. The fourth-order valence-electron chi connectivity index (χ4n) is 2.69. The van der Waals surface area contributed by atoms with Crippen molar-refractivity contribution in [2.75, 3.05) is 13.1 Å². The zero-order chi connectivity index (χ0) is 15.3. The van der Waals surface area contributed by atoms with Gasteiger partial charge in [0.1, 0.15) is 6.04 Å². The van der Waals surface area contributed by atoms with Crippen LogP contribution in [0.2, 0.25) is 0 Å². The molecule has 0 unspecified atom stereocenters. The minimum Gasteiger partial charge on any atom is -0.368 e. The number of rotatable bonds is 6. The number of amides is 2. The van der Waals surface area contributed by atoms with Gasteiger partial charge in [0, 0.05) is 12.0 Å². The molecule has 20 heavy (non-hydrogen) atoms. The Kier molecular flexibility index (Phi) is 6.46. The zero-order valence-electron chi connectivity index (χ0n) is 13.2. The van der Waals surface area contributed by atoms with Crippen LogP contribution < -0.4 is 11.1 Å². The summed E-state index contributed by atoms with van der Waals surface area (Å²) in [7, 11) is 0. The van der Waals surface area contributed by atoms with Crippen molar-refractivity contribution in [1.29, 1.82) is 0 Å². The number of nitrogens with two attached hydrogens (primary N) is 1. The molecule has 1 atom stereocenters. The number of nitrogens with one attached hydrogen (secondary N) is 1. The Labute approximate surface area is 122 Å². The van der Waals surface area contributed by atoms with Crippen LogP contribution >= 0.6 is 0 Å². The summed E-state index contributed by atoms with van der Waals surface area (Å²) in [4.78, 5) is 26.0. The van der Waals surface area contributed by atoms with E-state index in [4.69, 9.17) is 5.73 Å². The van der Waals surface area contributed by atoms with Crippen molar-refractivity contribution in [1.82, 2.24) is 10.2 Å². The number of likely N-dealkylation sites (tertiary alicyclic amines) is 1. The molecule has 0 aromatic rings. The predicted octanol–water partition coefficient (Wildman–Crippen LogP) is 1.12. The highest BCUT2D eigenvalue weighted by molar-refractivity contribution is 5.87. The molecule has 0 aromatic carbocycles. The molecule has 1 rings (SSSR count). The number of primary amides is 1. The maximum atomic E-state index is 12.2. The largest absolute Gasteiger partial charge is 0.368 e. The van der Waals surface area contributed by atoms with Crippen LogP contribution in [-0.4, -0.2) is 41.9 Å². The van der Waals surface area contributed by atoms with Gasteiger partial charge in [0.15, 0.2) is 0 Å². The van der Waals surface area contributed by atoms with E-state index < -0.39 is 11.9 Å². The molecule has 5 heteroatoms. The number of nitrogens with zero attached hydrogens (tertiary/aromatic N) is 1. The standard InChI is InChI=1S/C15H29N3O2/c1-10(2)9-13(14(16)19)17-15(20)12-5-7-18(8-6-12)11(3)4/h10-13H,5-9H2,1-4H3,(H2,16,19)(H,17,20)/t13-/m0/s1. The highest BCUT2D eigenvalue weighted by atomic mass is 16.2. The highest BCUT2D eigenvalue weighted by Gasteiger charge is 2.28. The van der Waals surface area contributed by atoms with Crippen LogP contribution in [0.5, 0.6) is 0 Å². The maximum absolute atomic E-state index is 12.2. The first-order chi connectivity index (χ1) is 9.31. The molecule has 3 N–H and O–H groups in total. The second kappa shape index (κ2) is 7.62. The van der Waals surface area contributed by atoms with Crippen molar-refractivity contribution >= 4 is 11.8 Å². The fourth-order valence-corrected chi connectivity index (χ4v) is 2.69. The average molecular weight is 283 g/mol. The van der Waals surface area contributed by atoms with E-state index in [1.54, 1.807) is 0 Å². The lowest BCUT2D eigenvalue weighted by Crippen LogP contribution is -2.49. The molecule has 1 saturated heterocycles. The van der Waals surface area contributed by atoms with Crippen LogP contribution in [0.4, 0.5) is 0 Å². The Morgan fingerprint density at radius 3 is 2.15 bits per heavy atom. The Morgan fingerprint density at radius 2 is 1.75 bits per heavy atom. The molecule has 1 fully saturated rings. The van der Waals surface area contributed by atoms with E-state index in [1.165, 1.54) is 0 Å². The third kappa shape index (κ3) is 5.12. The van der Waals surface area contributed by atoms with E-state index in [0.29, 0.717) is 18.4 Å². The lowest BCUT2D eigenvalue weighted by Gasteiger charge is -2.34. The van der Waals surface area contributed by atoms with Gasteiger partial charge in [-0.15, -0.1) is 0 Å². The summed E-state index contributed by atoms with van der Waals surface area (Å²) < 4.78 is 0. The van der Waals surface area contributed by atoms with Gasteiger partial charge >= 0.3 is 0 Å². The monoisotopic (exact) mass is 283 g/mol. The van der Waals surface area contributed by atoms with Gasteiger partial charge in [-0.1, -0.05) is 13.8 Å². The molecule has 0 saturated carbocycles. The van der Waals surface area contributed by atoms with Crippen LogP contribution in [-0.2, 0) is 9.59 Å². The zero-order valence-corrected chi connectivity index (χ0v) is 13.2. The van der Waals surface area contributed by atoms with Gasteiger partial charge in [0.2, 0.25) is 11.8 Å². The summed E-state index contributed by atoms with van der Waals surface area (Å²) >= 11 is 0. The summed E-state index contributed by atoms with van der Waals surface area (Å²) in [5, 5.41) is 2.83. The molecule has 1 heterocycles. The molecule has 0 bridgehead atoms. The number of carbonyl (C=O) groups is 2. The van der Waals surface area contributed by atoms with Crippen molar-refractivity contribution in [2.45, 2.75) is 59.0 Å². The molecule has 0 radical (unpaired) electrons. The number of hydrogen-bond acceptors (Lipinski definition) is 3. The van der Waals surface area contributed by atoms with Gasteiger partial charge in [-0.2, -0.15) is 0 Å². The Hall–Kier alpha value is -1.10. The number of hydrogen-bond donors (Lipinski definition) is 2. The van der Waals surface area contributed by atoms with Gasteiger partial charge in [0.25, 0.3) is 0 Å². The second-order valence-corrected chi connectivity index (χ2v) is 6.50. The topological polar surface area (TPSA) is 75.4 Å². The first-order valence-corrected chi connectivity index (χ1v) is 7.65. The van der Waals surface area contributed by atoms with Crippen molar-refractivity contribution < 1.29 is 9.59 Å². The third-order valence-electron chi connectivity index (χ3n) is 4.00. The lowest BCUT2D eigenvalue weighted by atomic mass is 9.94. The second-order valence-electron chi connectivity index (χ2n) is 6.50. The average Bonchev–Trinajstić information content (AvgIpc) is 2.37. The van der Waals surface area contributed by atoms with Crippen molar-refractivity contribution in [2.24, 2.45) is 17.6 Å². The van der Waals surface area contributed by atoms with Crippen LogP contribution in [0.25, 0.3) is 0 Å². The van der Waals surface area contributed by atoms with Crippen LogP contribution in [0.3, 0.4) is 0 Å². The van der Waals surface area contributed by atoms with E-state index in [0.717, 1.165) is 25.9 Å². The molecule has 116 valence electrons. The molecule has 1 aliphatic rings. The van der Waals surface area contributed by atoms with Crippen molar-refractivity contribution in [3.63, 3.8) is 0 Å². The van der Waals surface area contributed by atoms with Crippen LogP contribution in [0.15, 0.2) is 0 Å². The van der Waals surface area contributed by atoms with E-state index in [-0.39, 0.29) is 11.8 Å². The van der Waals surface area contributed by atoms with Gasteiger partial charge in [-0.05, 0) is 52.1 Å². The Balaban J connectivity index is 2.48. The van der Waals surface area contributed by atoms with E-state index in [1.807, 2.05) is 13.8 Å². The normalized spacial score (nSPS) is 19.3. The summed E-state index contributed by atoms with van der Waals surface area (Å²) in [6.45, 7) is 10.3. The molecule has 5 nitrogen and oxygen atoms in total. The summed E-state index contributed by atoms with van der Waals surface area (Å²) in [6.07, 6.45) is 2.32.